The molecule has 0 spiro atoms. The lowest BCUT2D eigenvalue weighted by Gasteiger charge is -2.46. The van der Waals surface area contributed by atoms with Crippen molar-refractivity contribution in [2.45, 2.75) is 37.6 Å². The minimum atomic E-state index is -0.409. The molecule has 104 valence electrons. The van der Waals surface area contributed by atoms with E-state index >= 15 is 0 Å². The summed E-state index contributed by atoms with van der Waals surface area (Å²) in [5.41, 5.74) is 0. The summed E-state index contributed by atoms with van der Waals surface area (Å²) in [5, 5.41) is 0. The van der Waals surface area contributed by atoms with E-state index in [1.807, 2.05) is 0 Å². The van der Waals surface area contributed by atoms with Crippen molar-refractivity contribution in [2.24, 2.45) is 5.92 Å². The lowest BCUT2D eigenvalue weighted by molar-refractivity contribution is -0.146. The number of rotatable bonds is 5. The van der Waals surface area contributed by atoms with Crippen LogP contribution in [-0.2, 0) is 19.0 Å². The number of ketones is 1. The van der Waals surface area contributed by atoms with Crippen LogP contribution in [0.4, 0.5) is 0 Å². The monoisotopic (exact) mass is 257 g/mol. The molecule has 0 amide bonds. The Balaban J connectivity index is 1.92. The Bertz CT molecular complexity index is 279. The van der Waals surface area contributed by atoms with Gasteiger partial charge in [0.05, 0.1) is 19.6 Å². The van der Waals surface area contributed by atoms with Gasteiger partial charge in [-0.05, 0) is 19.9 Å². The van der Waals surface area contributed by atoms with Crippen LogP contribution in [0.1, 0.15) is 19.3 Å². The molecule has 0 aliphatic carbocycles. The maximum Gasteiger partial charge on any atom is 0.163 e. The third kappa shape index (κ3) is 2.91. The molecule has 2 heterocycles. The Morgan fingerprint density at radius 2 is 1.83 bits per heavy atom. The molecule has 0 aromatic heterocycles. The number of carbonyl (C=O) groups is 1. The van der Waals surface area contributed by atoms with Gasteiger partial charge >= 0.3 is 0 Å². The van der Waals surface area contributed by atoms with Crippen LogP contribution in [0.15, 0.2) is 0 Å². The van der Waals surface area contributed by atoms with Crippen LogP contribution in [0.25, 0.3) is 0 Å². The first-order valence-electron chi connectivity index (χ1n) is 6.53. The van der Waals surface area contributed by atoms with Crippen LogP contribution in [-0.4, -0.2) is 63.5 Å². The van der Waals surface area contributed by atoms with Gasteiger partial charge in [-0.1, -0.05) is 0 Å². The smallest absolute Gasteiger partial charge is 0.163 e. The van der Waals surface area contributed by atoms with Crippen LogP contribution >= 0.6 is 0 Å². The van der Waals surface area contributed by atoms with Gasteiger partial charge in [0.25, 0.3) is 0 Å². The van der Waals surface area contributed by atoms with E-state index in [9.17, 15) is 4.79 Å². The first-order valence-corrected chi connectivity index (χ1v) is 6.53. The molecule has 0 N–H and O–H groups in total. The molecule has 2 aliphatic heterocycles. The standard InChI is InChI=1S/C13H23NO4/c1-14-10-4-9(5-11(14)8-18-7-10)12(15)6-13(16-2)17-3/h9-11,13H,4-8H2,1-3H3. The zero-order valence-corrected chi connectivity index (χ0v) is 11.4. The van der Waals surface area contributed by atoms with E-state index in [1.165, 1.54) is 0 Å². The highest BCUT2D eigenvalue weighted by Gasteiger charge is 2.39. The van der Waals surface area contributed by atoms with Gasteiger partial charge < -0.3 is 14.2 Å². The second kappa shape index (κ2) is 6.10. The minimum absolute atomic E-state index is 0.132. The van der Waals surface area contributed by atoms with E-state index in [0.717, 1.165) is 26.1 Å². The number of Topliss-reactive ketones (excluding diaryl/α,β-unsaturated/α-hetero) is 1. The summed E-state index contributed by atoms with van der Waals surface area (Å²) >= 11 is 0. The first-order chi connectivity index (χ1) is 8.65. The van der Waals surface area contributed by atoms with E-state index < -0.39 is 6.29 Å². The minimum Gasteiger partial charge on any atom is -0.378 e. The van der Waals surface area contributed by atoms with Gasteiger partial charge in [0.2, 0.25) is 0 Å². The van der Waals surface area contributed by atoms with Gasteiger partial charge in [-0.25, -0.2) is 0 Å². The number of carbonyl (C=O) groups excluding carboxylic acids is 1. The fourth-order valence-electron chi connectivity index (χ4n) is 2.95. The molecule has 0 aromatic rings. The molecule has 2 fully saturated rings. The molecule has 18 heavy (non-hydrogen) atoms. The number of nitrogens with zero attached hydrogens (tertiary/aromatic N) is 1. The van der Waals surface area contributed by atoms with Crippen LogP contribution < -0.4 is 0 Å². The summed E-state index contributed by atoms with van der Waals surface area (Å²) < 4.78 is 15.8. The van der Waals surface area contributed by atoms with Crippen LogP contribution in [0.5, 0.6) is 0 Å². The Kier molecular flexibility index (Phi) is 4.72. The first kappa shape index (κ1) is 13.9. The summed E-state index contributed by atoms with van der Waals surface area (Å²) in [6.45, 7) is 1.49. The SMILES string of the molecule is COC(CC(=O)C1CC2COCC(C1)N2C)OC. The number of ether oxygens (including phenoxy) is 3. The van der Waals surface area contributed by atoms with Crippen molar-refractivity contribution in [3.8, 4) is 0 Å². The van der Waals surface area contributed by atoms with E-state index in [-0.39, 0.29) is 11.7 Å². The molecule has 2 rings (SSSR count). The van der Waals surface area contributed by atoms with Gasteiger partial charge in [-0.2, -0.15) is 0 Å². The van der Waals surface area contributed by atoms with Gasteiger partial charge in [0.15, 0.2) is 6.29 Å². The van der Waals surface area contributed by atoms with Crippen molar-refractivity contribution in [1.82, 2.24) is 4.90 Å². The molecule has 2 aliphatic rings. The largest absolute Gasteiger partial charge is 0.378 e. The quantitative estimate of drug-likeness (QED) is 0.678. The third-order valence-corrected chi connectivity index (χ3v) is 4.23. The van der Waals surface area contributed by atoms with Gasteiger partial charge in [0, 0.05) is 32.2 Å². The fourth-order valence-corrected chi connectivity index (χ4v) is 2.95. The summed E-state index contributed by atoms with van der Waals surface area (Å²) in [5.74, 6) is 0.390. The van der Waals surface area contributed by atoms with Crippen LogP contribution in [0.2, 0.25) is 0 Å². The number of methoxy groups -OCH3 is 2. The molecule has 2 unspecified atom stereocenters. The molecule has 0 aromatic carbocycles. The van der Waals surface area contributed by atoms with Crippen LogP contribution in [0.3, 0.4) is 0 Å². The Morgan fingerprint density at radius 3 is 2.33 bits per heavy atom. The molecule has 5 nitrogen and oxygen atoms in total. The Hall–Kier alpha value is -0.490. The number of fused-ring (bicyclic) bond motifs is 2. The Morgan fingerprint density at radius 1 is 1.28 bits per heavy atom. The maximum absolute atomic E-state index is 12.2. The maximum atomic E-state index is 12.2. The Labute approximate surface area is 108 Å². The highest BCUT2D eigenvalue weighted by molar-refractivity contribution is 5.81. The summed E-state index contributed by atoms with van der Waals surface area (Å²) in [7, 11) is 5.27. The molecule has 0 saturated carbocycles. The van der Waals surface area contributed by atoms with Gasteiger partial charge in [-0.15, -0.1) is 0 Å². The topological polar surface area (TPSA) is 48.0 Å². The highest BCUT2D eigenvalue weighted by atomic mass is 16.7. The lowest BCUT2D eigenvalue weighted by atomic mass is 9.82. The average Bonchev–Trinajstić information content (AvgIpc) is 2.35. The predicted molar refractivity (Wildman–Crippen MR) is 66.3 cm³/mol. The number of likely N-dealkylation sites (N-methyl/N-ethyl adjacent to an activating group) is 1. The second-order valence-corrected chi connectivity index (χ2v) is 5.25. The van der Waals surface area contributed by atoms with Crippen molar-refractivity contribution in [3.05, 3.63) is 0 Å². The summed E-state index contributed by atoms with van der Waals surface area (Å²) in [6, 6.07) is 0.768. The molecule has 2 saturated heterocycles. The normalized spacial score (nSPS) is 32.8. The van der Waals surface area contributed by atoms with Crippen LogP contribution in [0, 0.1) is 5.92 Å². The van der Waals surface area contributed by atoms with Crippen molar-refractivity contribution < 1.29 is 19.0 Å². The van der Waals surface area contributed by atoms with Crippen molar-refractivity contribution >= 4 is 5.78 Å². The van der Waals surface area contributed by atoms with Gasteiger partial charge in [-0.3, -0.25) is 9.69 Å². The number of hydrogen-bond acceptors (Lipinski definition) is 5. The zero-order valence-electron chi connectivity index (χ0n) is 11.4. The molecule has 2 atom stereocenters. The second-order valence-electron chi connectivity index (χ2n) is 5.25. The van der Waals surface area contributed by atoms with E-state index in [2.05, 4.69) is 11.9 Å². The van der Waals surface area contributed by atoms with E-state index in [0.29, 0.717) is 18.5 Å². The van der Waals surface area contributed by atoms with E-state index in [1.54, 1.807) is 14.2 Å². The average molecular weight is 257 g/mol. The highest BCUT2D eigenvalue weighted by Crippen LogP contribution is 2.31. The van der Waals surface area contributed by atoms with E-state index in [4.69, 9.17) is 14.2 Å². The van der Waals surface area contributed by atoms with Crippen molar-refractivity contribution in [3.63, 3.8) is 0 Å². The molecular formula is C13H23NO4. The summed E-state index contributed by atoms with van der Waals surface area (Å²) in [6.07, 6.45) is 1.73. The van der Waals surface area contributed by atoms with Crippen molar-refractivity contribution in [1.29, 1.82) is 0 Å². The molecular weight excluding hydrogens is 234 g/mol. The van der Waals surface area contributed by atoms with Gasteiger partial charge in [0.1, 0.15) is 5.78 Å². The predicted octanol–water partition coefficient (Wildman–Crippen LogP) is 0.674. The number of morpholine rings is 1. The fraction of sp³-hybridized carbons (Fsp3) is 0.923. The lowest BCUT2D eigenvalue weighted by Crippen LogP contribution is -2.56. The molecule has 5 heteroatoms. The molecule has 2 bridgehead atoms. The zero-order chi connectivity index (χ0) is 13.1. The third-order valence-electron chi connectivity index (χ3n) is 4.23. The number of hydrogen-bond donors (Lipinski definition) is 0. The molecule has 0 radical (unpaired) electrons. The number of piperidine rings is 1. The van der Waals surface area contributed by atoms with Crippen molar-refractivity contribution in [2.75, 3.05) is 34.5 Å². The summed E-state index contributed by atoms with van der Waals surface area (Å²) in [4.78, 5) is 14.6.